The number of hydrogen-bond acceptors (Lipinski definition) is 5. The van der Waals surface area contributed by atoms with E-state index in [1.807, 2.05) is 24.3 Å². The van der Waals surface area contributed by atoms with Gasteiger partial charge in [-0.2, -0.15) is 0 Å². The zero-order valence-corrected chi connectivity index (χ0v) is 20.7. The lowest BCUT2D eigenvalue weighted by molar-refractivity contribution is -0.122. The molecule has 0 saturated heterocycles. The van der Waals surface area contributed by atoms with E-state index in [9.17, 15) is 14.4 Å². The van der Waals surface area contributed by atoms with E-state index < -0.39 is 17.8 Å². The maximum Gasteiger partial charge on any atom is 0.407 e. The molecule has 2 rings (SSSR count). The molecule has 184 valence electrons. The summed E-state index contributed by atoms with van der Waals surface area (Å²) in [6.45, 7) is 11.4. The highest BCUT2D eigenvalue weighted by Gasteiger charge is 2.17. The first-order chi connectivity index (χ1) is 15.9. The number of carbonyl (C=O) groups is 3. The van der Waals surface area contributed by atoms with Crippen LogP contribution in [0.25, 0.3) is 0 Å². The minimum Gasteiger partial charge on any atom is -0.481 e. The smallest absolute Gasteiger partial charge is 0.407 e. The van der Waals surface area contributed by atoms with Gasteiger partial charge in [0.05, 0.1) is 0 Å². The number of alkyl carbamates (subject to hydrolysis) is 1. The van der Waals surface area contributed by atoms with Crippen LogP contribution in [0.1, 0.15) is 59.4 Å². The zero-order chi connectivity index (χ0) is 25.3. The molecule has 0 radical (unpaired) electrons. The molecule has 0 aromatic heterocycles. The van der Waals surface area contributed by atoms with Gasteiger partial charge in [-0.15, -0.1) is 0 Å². The van der Waals surface area contributed by atoms with Crippen LogP contribution in [-0.2, 0) is 14.3 Å². The van der Waals surface area contributed by atoms with Crippen molar-refractivity contribution in [2.24, 2.45) is 0 Å². The summed E-state index contributed by atoms with van der Waals surface area (Å²) in [4.78, 5) is 36.1. The van der Waals surface area contributed by atoms with Gasteiger partial charge in [-0.05, 0) is 75.6 Å². The maximum absolute atomic E-state index is 12.5. The molecule has 1 unspecified atom stereocenters. The van der Waals surface area contributed by atoms with Crippen LogP contribution in [0.4, 0.5) is 16.2 Å². The third kappa shape index (κ3) is 9.52. The molecule has 0 aliphatic rings. The van der Waals surface area contributed by atoms with Crippen LogP contribution in [0.15, 0.2) is 48.5 Å². The Morgan fingerprint density at radius 1 is 0.853 bits per heavy atom. The van der Waals surface area contributed by atoms with E-state index in [4.69, 9.17) is 9.47 Å². The maximum atomic E-state index is 12.5. The molecule has 34 heavy (non-hydrogen) atoms. The number of ether oxygens (including phenoxy) is 2. The fourth-order valence-corrected chi connectivity index (χ4v) is 2.89. The number of amides is 3. The molecule has 3 N–H and O–H groups in total. The average molecular weight is 470 g/mol. The Morgan fingerprint density at radius 2 is 1.41 bits per heavy atom. The van der Waals surface area contributed by atoms with Gasteiger partial charge in [-0.1, -0.05) is 26.0 Å². The average Bonchev–Trinajstić information content (AvgIpc) is 2.74. The molecule has 2 aromatic rings. The van der Waals surface area contributed by atoms with Crippen LogP contribution in [0.5, 0.6) is 5.75 Å². The number of rotatable bonds is 9. The normalized spacial score (nSPS) is 12.0. The van der Waals surface area contributed by atoms with Crippen molar-refractivity contribution in [3.63, 3.8) is 0 Å². The highest BCUT2D eigenvalue weighted by Crippen LogP contribution is 2.20. The van der Waals surface area contributed by atoms with E-state index in [0.717, 1.165) is 0 Å². The number of hydrogen-bond donors (Lipinski definition) is 3. The second-order valence-electron chi connectivity index (χ2n) is 9.28. The largest absolute Gasteiger partial charge is 0.481 e. The summed E-state index contributed by atoms with van der Waals surface area (Å²) in [6.07, 6.45) is -1.14. The van der Waals surface area contributed by atoms with E-state index in [2.05, 4.69) is 29.8 Å². The van der Waals surface area contributed by atoms with Gasteiger partial charge in [0.15, 0.2) is 6.10 Å². The third-order valence-corrected chi connectivity index (χ3v) is 4.69. The predicted octanol–water partition coefficient (Wildman–Crippen LogP) is 5.07. The van der Waals surface area contributed by atoms with Gasteiger partial charge in [0.1, 0.15) is 11.4 Å². The number of anilines is 2. The summed E-state index contributed by atoms with van der Waals surface area (Å²) in [5.41, 5.74) is 1.78. The quantitative estimate of drug-likeness (QED) is 0.475. The fraction of sp³-hybridized carbons (Fsp3) is 0.423. The van der Waals surface area contributed by atoms with Crippen molar-refractivity contribution < 1.29 is 23.9 Å². The molecule has 0 spiro atoms. The minimum atomic E-state index is -0.679. The summed E-state index contributed by atoms with van der Waals surface area (Å²) in [6, 6.07) is 14.5. The molecule has 3 amide bonds. The Bertz CT molecular complexity index is 963. The molecular weight excluding hydrogens is 434 g/mol. The summed E-state index contributed by atoms with van der Waals surface area (Å²) in [5.74, 6) is 0.527. The molecular formula is C26H35N3O5. The van der Waals surface area contributed by atoms with Crippen molar-refractivity contribution >= 4 is 29.3 Å². The number of benzene rings is 2. The lowest BCUT2D eigenvalue weighted by atomic mass is 10.0. The van der Waals surface area contributed by atoms with Crippen LogP contribution in [0.2, 0.25) is 0 Å². The first-order valence-electron chi connectivity index (χ1n) is 11.4. The molecule has 8 nitrogen and oxygen atoms in total. The highest BCUT2D eigenvalue weighted by molar-refractivity contribution is 5.95. The van der Waals surface area contributed by atoms with Crippen molar-refractivity contribution in [3.8, 4) is 5.75 Å². The summed E-state index contributed by atoms with van der Waals surface area (Å²) >= 11 is 0. The lowest BCUT2D eigenvalue weighted by Gasteiger charge is -2.19. The lowest BCUT2D eigenvalue weighted by Crippen LogP contribution is -2.34. The van der Waals surface area contributed by atoms with Crippen LogP contribution < -0.4 is 20.7 Å². The Kier molecular flexibility index (Phi) is 9.47. The van der Waals surface area contributed by atoms with Gasteiger partial charge < -0.3 is 25.4 Å². The first-order valence-corrected chi connectivity index (χ1v) is 11.4. The monoisotopic (exact) mass is 469 g/mol. The Hall–Kier alpha value is -3.55. The fourth-order valence-electron chi connectivity index (χ4n) is 2.89. The number of nitrogens with one attached hydrogen (secondary N) is 3. The van der Waals surface area contributed by atoms with Crippen molar-refractivity contribution in [1.29, 1.82) is 0 Å². The third-order valence-electron chi connectivity index (χ3n) is 4.69. The van der Waals surface area contributed by atoms with Gasteiger partial charge in [-0.25, -0.2) is 4.79 Å². The molecule has 0 aliphatic heterocycles. The molecule has 8 heteroatoms. The number of carbonyl (C=O) groups excluding carboxylic acids is 3. The van der Waals surface area contributed by atoms with Gasteiger partial charge in [0, 0.05) is 24.3 Å². The SMILES string of the molecule is CC(Oc1ccc(C(C)C)cc1)C(=O)Nc1ccc(NC(=O)CCNC(=O)OC(C)(C)C)cc1. The standard InChI is InChI=1S/C26H35N3O5/c1-17(2)19-7-13-22(14-8-19)33-18(3)24(31)29-21-11-9-20(10-12-21)28-23(30)15-16-27-25(32)34-26(4,5)6/h7-14,17-18H,15-16H2,1-6H3,(H,27,32)(H,28,30)(H,29,31). The van der Waals surface area contributed by atoms with Crippen molar-refractivity contribution in [3.05, 3.63) is 54.1 Å². The zero-order valence-electron chi connectivity index (χ0n) is 20.7. The Morgan fingerprint density at radius 3 is 1.94 bits per heavy atom. The molecule has 0 fully saturated rings. The van der Waals surface area contributed by atoms with E-state index >= 15 is 0 Å². The summed E-state index contributed by atoms with van der Waals surface area (Å²) in [7, 11) is 0. The van der Waals surface area contributed by atoms with Gasteiger partial charge in [-0.3, -0.25) is 9.59 Å². The second-order valence-corrected chi connectivity index (χ2v) is 9.28. The van der Waals surface area contributed by atoms with Crippen LogP contribution in [0.3, 0.4) is 0 Å². The topological polar surface area (TPSA) is 106 Å². The van der Waals surface area contributed by atoms with Crippen LogP contribution >= 0.6 is 0 Å². The Balaban J connectivity index is 1.77. The van der Waals surface area contributed by atoms with E-state index in [-0.39, 0.29) is 24.8 Å². The molecule has 0 aliphatic carbocycles. The van der Waals surface area contributed by atoms with Crippen molar-refractivity contribution in [2.45, 2.75) is 65.6 Å². The summed E-state index contributed by atoms with van der Waals surface area (Å²) in [5, 5.41) is 8.08. The molecule has 0 saturated carbocycles. The van der Waals surface area contributed by atoms with Crippen molar-refractivity contribution in [2.75, 3.05) is 17.2 Å². The Labute approximate surface area is 201 Å². The minimum absolute atomic E-state index is 0.102. The van der Waals surface area contributed by atoms with Gasteiger partial charge in [0.2, 0.25) is 5.91 Å². The molecule has 2 aromatic carbocycles. The predicted molar refractivity (Wildman–Crippen MR) is 133 cm³/mol. The van der Waals surface area contributed by atoms with E-state index in [0.29, 0.717) is 23.0 Å². The summed E-state index contributed by atoms with van der Waals surface area (Å²) < 4.78 is 10.9. The molecule has 1 atom stereocenters. The van der Waals surface area contributed by atoms with Gasteiger partial charge in [0.25, 0.3) is 5.91 Å². The van der Waals surface area contributed by atoms with E-state index in [1.165, 1.54) is 5.56 Å². The molecule has 0 bridgehead atoms. The molecule has 0 heterocycles. The highest BCUT2D eigenvalue weighted by atomic mass is 16.6. The van der Waals surface area contributed by atoms with Crippen molar-refractivity contribution in [1.82, 2.24) is 5.32 Å². The second kappa shape index (κ2) is 12.1. The first kappa shape index (κ1) is 26.7. The van der Waals surface area contributed by atoms with Crippen LogP contribution in [-0.4, -0.2) is 36.2 Å². The van der Waals surface area contributed by atoms with Crippen LogP contribution in [0, 0.1) is 0 Å². The van der Waals surface area contributed by atoms with E-state index in [1.54, 1.807) is 52.0 Å². The van der Waals surface area contributed by atoms with Gasteiger partial charge >= 0.3 is 6.09 Å².